The van der Waals surface area contributed by atoms with E-state index in [1.807, 2.05) is 87.5 Å². The molecule has 0 bridgehead atoms. The van der Waals surface area contributed by atoms with Crippen molar-refractivity contribution in [2.45, 2.75) is 44.3 Å². The Labute approximate surface area is 233 Å². The van der Waals surface area contributed by atoms with Gasteiger partial charge < -0.3 is 14.2 Å². The van der Waals surface area contributed by atoms with Crippen LogP contribution < -0.4 is 9.47 Å². The third-order valence-electron chi connectivity index (χ3n) is 7.98. The van der Waals surface area contributed by atoms with Crippen molar-refractivity contribution in [1.29, 1.82) is 0 Å². The number of cyclic esters (lactones) is 1. The summed E-state index contributed by atoms with van der Waals surface area (Å²) >= 11 is 0. The molecule has 0 aromatic heterocycles. The lowest BCUT2D eigenvalue weighted by Crippen LogP contribution is -2.45. The van der Waals surface area contributed by atoms with Crippen LogP contribution in [0.3, 0.4) is 0 Å². The molecule has 0 N–H and O–H groups in total. The van der Waals surface area contributed by atoms with E-state index in [-0.39, 0.29) is 11.7 Å². The molecule has 0 amide bonds. The number of ketones is 1. The second kappa shape index (κ2) is 9.33. The van der Waals surface area contributed by atoms with Gasteiger partial charge >= 0.3 is 5.97 Å². The Hall–Kier alpha value is -4.46. The molecule has 40 heavy (non-hydrogen) atoms. The number of carbonyl (C=O) groups excluding carboxylic acids is 2. The van der Waals surface area contributed by atoms with Crippen LogP contribution in [0.1, 0.15) is 55.0 Å². The van der Waals surface area contributed by atoms with E-state index in [9.17, 15) is 9.59 Å². The first-order valence-corrected chi connectivity index (χ1v) is 13.3. The first-order valence-electron chi connectivity index (χ1n) is 13.3. The predicted octanol–water partition coefficient (Wildman–Crippen LogP) is 4.92. The second-order valence-corrected chi connectivity index (χ2v) is 11.3. The van der Waals surface area contributed by atoms with Crippen LogP contribution in [0.25, 0.3) is 0 Å². The van der Waals surface area contributed by atoms with Crippen molar-refractivity contribution in [2.75, 3.05) is 14.2 Å². The minimum Gasteiger partial charge on any atom is -0.493 e. The van der Waals surface area contributed by atoms with Crippen LogP contribution in [0, 0.1) is 5.41 Å². The molecule has 204 valence electrons. The summed E-state index contributed by atoms with van der Waals surface area (Å²) in [5.41, 5.74) is 0.901. The molecule has 0 saturated carbocycles. The van der Waals surface area contributed by atoms with Gasteiger partial charge in [0.2, 0.25) is 5.90 Å². The highest BCUT2D eigenvalue weighted by molar-refractivity contribution is 6.10. The molecule has 3 heterocycles. The Morgan fingerprint density at radius 3 is 2.35 bits per heavy atom. The van der Waals surface area contributed by atoms with Gasteiger partial charge in [-0.05, 0) is 41.0 Å². The monoisotopic (exact) mass is 537 g/mol. The lowest BCUT2D eigenvalue weighted by atomic mass is 9.70. The van der Waals surface area contributed by atoms with Gasteiger partial charge in [-0.25, -0.2) is 9.79 Å². The molecule has 4 atom stereocenters. The Bertz CT molecular complexity index is 1560. The maximum Gasteiger partial charge on any atom is 0.344 e. The van der Waals surface area contributed by atoms with E-state index in [0.717, 1.165) is 11.1 Å². The topological polar surface area (TPSA) is 89.8 Å². The Balaban J connectivity index is 1.67. The van der Waals surface area contributed by atoms with E-state index < -0.39 is 34.9 Å². The highest BCUT2D eigenvalue weighted by atomic mass is 16.6. The number of rotatable bonds is 5. The summed E-state index contributed by atoms with van der Waals surface area (Å²) in [5, 5.41) is 6.58. The maximum absolute atomic E-state index is 14.3. The number of benzene rings is 3. The zero-order valence-electron chi connectivity index (χ0n) is 23.1. The number of nitrogens with zero attached hydrogens (tertiary/aromatic N) is 3. The smallest absolute Gasteiger partial charge is 0.344 e. The van der Waals surface area contributed by atoms with Crippen molar-refractivity contribution in [1.82, 2.24) is 5.01 Å². The Kier molecular flexibility index (Phi) is 6.02. The molecular formula is C32H31N3O5. The lowest BCUT2D eigenvalue weighted by molar-refractivity contribution is -0.140. The molecule has 3 aliphatic rings. The largest absolute Gasteiger partial charge is 0.493 e. The number of hydrazone groups is 1. The minimum atomic E-state index is -1.50. The summed E-state index contributed by atoms with van der Waals surface area (Å²) in [4.78, 5) is 33.8. The van der Waals surface area contributed by atoms with Crippen molar-refractivity contribution >= 4 is 23.9 Å². The standard InChI is InChI=1S/C32H31N3O5/c1-31(2,3)28(36)26-25(20-15-16-23(38-4)24(17-20)39-5)32(27-22-14-10-9-13-21(22)18-33-35(26)27)30(37)40-29(34-32)19-11-7-6-8-12-19/h6-18,25-27H,1-5H3/t25-,26+,27-,32+/m0/s1. The summed E-state index contributed by atoms with van der Waals surface area (Å²) in [6, 6.07) is 21.1. The number of esters is 1. The van der Waals surface area contributed by atoms with E-state index in [1.54, 1.807) is 31.5 Å². The predicted molar refractivity (Wildman–Crippen MR) is 151 cm³/mol. The van der Waals surface area contributed by atoms with Crippen LogP contribution in [-0.4, -0.2) is 54.7 Å². The second-order valence-electron chi connectivity index (χ2n) is 11.3. The normalized spacial score (nSPS) is 24.8. The van der Waals surface area contributed by atoms with Crippen molar-refractivity contribution in [3.05, 3.63) is 95.1 Å². The third kappa shape index (κ3) is 3.73. The van der Waals surface area contributed by atoms with Gasteiger partial charge in [-0.1, -0.05) is 69.3 Å². The van der Waals surface area contributed by atoms with E-state index in [2.05, 4.69) is 0 Å². The zero-order chi connectivity index (χ0) is 28.2. The van der Waals surface area contributed by atoms with E-state index in [4.69, 9.17) is 24.3 Å². The average molecular weight is 538 g/mol. The fourth-order valence-corrected chi connectivity index (χ4v) is 6.13. The van der Waals surface area contributed by atoms with Crippen LogP contribution in [0.4, 0.5) is 0 Å². The number of hydrogen-bond acceptors (Lipinski definition) is 8. The number of aliphatic imine (C=N–C) groups is 1. The molecule has 3 aromatic rings. The molecule has 6 rings (SSSR count). The summed E-state index contributed by atoms with van der Waals surface area (Å²) in [6.45, 7) is 5.65. The number of ether oxygens (including phenoxy) is 3. The average Bonchev–Trinajstić information content (AvgIpc) is 3.46. The van der Waals surface area contributed by atoms with Crippen LogP contribution in [0.2, 0.25) is 0 Å². The SMILES string of the molecule is COc1ccc([C@H]2[C@H](C(=O)C(C)(C)C)N3N=Cc4ccccc4[C@H]3[C@]23N=C(c2ccccc2)OC3=O)cc1OC. The molecule has 8 nitrogen and oxygen atoms in total. The van der Waals surface area contributed by atoms with Crippen LogP contribution in [-0.2, 0) is 14.3 Å². The Morgan fingerprint density at radius 1 is 0.950 bits per heavy atom. The molecule has 1 saturated heterocycles. The number of fused-ring (bicyclic) bond motifs is 4. The van der Waals surface area contributed by atoms with Gasteiger partial charge in [-0.15, -0.1) is 0 Å². The molecule has 8 heteroatoms. The molecule has 3 aliphatic heterocycles. The first kappa shape index (κ1) is 25.8. The maximum atomic E-state index is 14.3. The van der Waals surface area contributed by atoms with Crippen molar-refractivity contribution in [2.24, 2.45) is 15.5 Å². The summed E-state index contributed by atoms with van der Waals surface area (Å²) in [6.07, 6.45) is 1.75. The summed E-state index contributed by atoms with van der Waals surface area (Å²) in [7, 11) is 3.13. The highest BCUT2D eigenvalue weighted by Crippen LogP contribution is 2.59. The van der Waals surface area contributed by atoms with Gasteiger partial charge in [0.05, 0.1) is 26.4 Å². The molecule has 1 fully saturated rings. The van der Waals surface area contributed by atoms with E-state index in [1.165, 1.54) is 0 Å². The molecular weight excluding hydrogens is 506 g/mol. The van der Waals surface area contributed by atoms with Gasteiger partial charge in [-0.2, -0.15) is 5.10 Å². The summed E-state index contributed by atoms with van der Waals surface area (Å²) in [5.74, 6) is -0.0443. The molecule has 0 radical (unpaired) electrons. The third-order valence-corrected chi connectivity index (χ3v) is 7.98. The van der Waals surface area contributed by atoms with E-state index in [0.29, 0.717) is 22.6 Å². The van der Waals surface area contributed by atoms with Crippen molar-refractivity contribution in [3.8, 4) is 11.5 Å². The van der Waals surface area contributed by atoms with Crippen molar-refractivity contribution < 1.29 is 23.8 Å². The van der Waals surface area contributed by atoms with Crippen LogP contribution in [0.15, 0.2) is 82.9 Å². The minimum absolute atomic E-state index is 0.0538. The van der Waals surface area contributed by atoms with Crippen LogP contribution >= 0.6 is 0 Å². The fraction of sp³-hybridized carbons (Fsp3) is 0.312. The quantitative estimate of drug-likeness (QED) is 0.430. The number of Topliss-reactive ketones (excluding diaryl/α,β-unsaturated/α-hetero) is 1. The van der Waals surface area contributed by atoms with Gasteiger partial charge in [0.15, 0.2) is 22.8 Å². The number of hydrogen-bond donors (Lipinski definition) is 0. The highest BCUT2D eigenvalue weighted by Gasteiger charge is 2.71. The molecule has 1 spiro atoms. The molecule has 0 unspecified atom stereocenters. The number of carbonyl (C=O) groups is 2. The fourth-order valence-electron chi connectivity index (χ4n) is 6.13. The zero-order valence-corrected chi connectivity index (χ0v) is 23.1. The number of methoxy groups -OCH3 is 2. The Morgan fingerprint density at radius 2 is 1.65 bits per heavy atom. The first-order chi connectivity index (χ1) is 19.2. The van der Waals surface area contributed by atoms with Gasteiger partial charge in [0.1, 0.15) is 12.1 Å². The molecule has 0 aliphatic carbocycles. The van der Waals surface area contributed by atoms with Gasteiger partial charge in [0.25, 0.3) is 0 Å². The van der Waals surface area contributed by atoms with E-state index >= 15 is 0 Å². The summed E-state index contributed by atoms with van der Waals surface area (Å²) < 4.78 is 17.1. The molecule has 3 aromatic carbocycles. The van der Waals surface area contributed by atoms with Gasteiger partial charge in [0, 0.05) is 11.0 Å². The van der Waals surface area contributed by atoms with Crippen LogP contribution in [0.5, 0.6) is 11.5 Å². The van der Waals surface area contributed by atoms with Crippen molar-refractivity contribution in [3.63, 3.8) is 0 Å². The van der Waals surface area contributed by atoms with Gasteiger partial charge in [-0.3, -0.25) is 9.80 Å². The lowest BCUT2D eigenvalue weighted by Gasteiger charge is -2.35.